The van der Waals surface area contributed by atoms with E-state index in [2.05, 4.69) is 5.32 Å². The number of halogens is 3. The van der Waals surface area contributed by atoms with Crippen LogP contribution in [0.25, 0.3) is 0 Å². The maximum atomic E-state index is 14.9. The van der Waals surface area contributed by atoms with Gasteiger partial charge in [0.1, 0.15) is 17.3 Å². The molecule has 2 aliphatic rings. The summed E-state index contributed by atoms with van der Waals surface area (Å²) >= 11 is 0. The van der Waals surface area contributed by atoms with Crippen molar-refractivity contribution in [1.82, 2.24) is 9.47 Å². The zero-order valence-electron chi connectivity index (χ0n) is 18.5. The highest BCUT2D eigenvalue weighted by Crippen LogP contribution is 2.48. The van der Waals surface area contributed by atoms with E-state index in [1.807, 2.05) is 0 Å². The molecule has 0 spiro atoms. The Morgan fingerprint density at radius 3 is 2.44 bits per heavy atom. The number of hydrogen-bond donors (Lipinski definition) is 1. The van der Waals surface area contributed by atoms with Gasteiger partial charge in [-0.25, -0.2) is 22.8 Å². The van der Waals surface area contributed by atoms with Gasteiger partial charge in [-0.2, -0.15) is 0 Å². The molecule has 3 rings (SSSR count). The topological polar surface area (TPSA) is 89.9 Å². The fraction of sp³-hybridized carbons (Fsp3) is 0.667. The second-order valence-electron chi connectivity index (χ2n) is 9.19. The van der Waals surface area contributed by atoms with Crippen molar-refractivity contribution >= 4 is 17.7 Å². The lowest BCUT2D eigenvalue weighted by Crippen LogP contribution is -2.51. The number of carbonyl (C=O) groups is 2. The number of aromatic nitrogens is 1. The number of likely N-dealkylation sites (tertiary alicyclic amines) is 1. The highest BCUT2D eigenvalue weighted by molar-refractivity contribution is 5.95. The summed E-state index contributed by atoms with van der Waals surface area (Å²) in [6.45, 7) is 5.10. The van der Waals surface area contributed by atoms with Crippen molar-refractivity contribution < 1.29 is 32.2 Å². The summed E-state index contributed by atoms with van der Waals surface area (Å²) < 4.78 is 52.7. The van der Waals surface area contributed by atoms with Gasteiger partial charge in [0.15, 0.2) is 0 Å². The van der Waals surface area contributed by atoms with Crippen molar-refractivity contribution in [3.8, 4) is 0 Å². The Morgan fingerprint density at radius 2 is 1.94 bits per heavy atom. The first-order valence-corrected chi connectivity index (χ1v) is 10.4. The SMILES string of the molecule is COC(=O)c1cn(C2(C(F)F)CC2)c(=O)cc1N[C@H]1CCN(C(=O)OC(C)(C)C)C[C@H]1F. The second kappa shape index (κ2) is 8.67. The van der Waals surface area contributed by atoms with E-state index in [0.29, 0.717) is 0 Å². The normalized spacial score (nSPS) is 22.4. The molecular formula is C21H28F3N3O5. The fourth-order valence-corrected chi connectivity index (χ4v) is 3.72. The zero-order chi connectivity index (χ0) is 23.8. The number of rotatable bonds is 5. The summed E-state index contributed by atoms with van der Waals surface area (Å²) in [6.07, 6.45) is -3.43. The largest absolute Gasteiger partial charge is 0.465 e. The lowest BCUT2D eigenvalue weighted by Gasteiger charge is -2.36. The standard InChI is InChI=1S/C21H28F3N3O5/c1-20(2,3)32-19(30)26-8-5-14(13(22)11-26)25-15-9-16(28)27(10-12(15)17(29)31-4)21(6-7-21)18(23)24/h9-10,13-14,18,25H,5-8,11H2,1-4H3/t13-,14+/m1/s1. The summed E-state index contributed by atoms with van der Waals surface area (Å²) in [5, 5.41) is 2.84. The first kappa shape index (κ1) is 23.9. The number of ether oxygens (including phenoxy) is 2. The molecule has 1 aliphatic heterocycles. The van der Waals surface area contributed by atoms with Gasteiger partial charge < -0.3 is 24.3 Å². The molecule has 0 aromatic carbocycles. The Morgan fingerprint density at radius 1 is 1.28 bits per heavy atom. The number of esters is 1. The highest BCUT2D eigenvalue weighted by atomic mass is 19.3. The zero-order valence-corrected chi connectivity index (χ0v) is 18.5. The smallest absolute Gasteiger partial charge is 0.410 e. The van der Waals surface area contributed by atoms with Crippen molar-refractivity contribution in [2.45, 2.75) is 69.8 Å². The molecule has 1 saturated heterocycles. The van der Waals surface area contributed by atoms with Gasteiger partial charge in [-0.05, 0) is 40.0 Å². The van der Waals surface area contributed by atoms with Gasteiger partial charge in [0.2, 0.25) is 0 Å². The molecule has 178 valence electrons. The molecule has 1 N–H and O–H groups in total. The number of hydrogen-bond acceptors (Lipinski definition) is 6. The lowest BCUT2D eigenvalue weighted by atomic mass is 10.0. The number of nitrogens with one attached hydrogen (secondary N) is 1. The van der Waals surface area contributed by atoms with Crippen LogP contribution in [-0.4, -0.2) is 66.0 Å². The Bertz CT molecular complexity index is 940. The van der Waals surface area contributed by atoms with E-state index in [0.717, 1.165) is 23.9 Å². The second-order valence-corrected chi connectivity index (χ2v) is 9.19. The van der Waals surface area contributed by atoms with Crippen LogP contribution in [-0.2, 0) is 15.0 Å². The predicted molar refractivity (Wildman–Crippen MR) is 110 cm³/mol. The molecule has 32 heavy (non-hydrogen) atoms. The molecule has 0 bridgehead atoms. The van der Waals surface area contributed by atoms with Crippen molar-refractivity contribution in [1.29, 1.82) is 0 Å². The number of piperidine rings is 1. The van der Waals surface area contributed by atoms with Crippen LogP contribution in [0.1, 0.15) is 50.4 Å². The van der Waals surface area contributed by atoms with E-state index < -0.39 is 47.4 Å². The van der Waals surface area contributed by atoms with Crippen molar-refractivity contribution in [3.63, 3.8) is 0 Å². The summed E-state index contributed by atoms with van der Waals surface area (Å²) in [5.74, 6) is -0.840. The number of anilines is 1. The van der Waals surface area contributed by atoms with Crippen LogP contribution in [0.15, 0.2) is 17.1 Å². The van der Waals surface area contributed by atoms with E-state index in [4.69, 9.17) is 9.47 Å². The Balaban J connectivity index is 1.80. The minimum absolute atomic E-state index is 0.00142. The van der Waals surface area contributed by atoms with Crippen LogP contribution in [0.5, 0.6) is 0 Å². The highest BCUT2D eigenvalue weighted by Gasteiger charge is 2.53. The van der Waals surface area contributed by atoms with Gasteiger partial charge in [0, 0.05) is 18.8 Å². The van der Waals surface area contributed by atoms with E-state index in [9.17, 15) is 27.6 Å². The van der Waals surface area contributed by atoms with Crippen molar-refractivity contribution in [2.24, 2.45) is 0 Å². The van der Waals surface area contributed by atoms with Crippen molar-refractivity contribution in [2.75, 3.05) is 25.5 Å². The number of pyridine rings is 1. The maximum Gasteiger partial charge on any atom is 0.410 e. The predicted octanol–water partition coefficient (Wildman–Crippen LogP) is 3.15. The lowest BCUT2D eigenvalue weighted by molar-refractivity contribution is 0.0125. The first-order chi connectivity index (χ1) is 14.9. The van der Waals surface area contributed by atoms with Crippen LogP contribution in [0, 0.1) is 0 Å². The van der Waals surface area contributed by atoms with E-state index in [-0.39, 0.29) is 43.6 Å². The van der Waals surface area contributed by atoms with Crippen LogP contribution in [0.4, 0.5) is 23.7 Å². The molecule has 2 atom stereocenters. The molecule has 2 fully saturated rings. The third kappa shape index (κ3) is 4.86. The molecule has 1 aromatic heterocycles. The summed E-state index contributed by atoms with van der Waals surface area (Å²) in [7, 11) is 1.12. The minimum Gasteiger partial charge on any atom is -0.465 e. The van der Waals surface area contributed by atoms with Gasteiger partial charge in [-0.1, -0.05) is 0 Å². The number of methoxy groups -OCH3 is 1. The third-order valence-corrected chi connectivity index (χ3v) is 5.64. The van der Waals surface area contributed by atoms with Crippen LogP contribution in [0.2, 0.25) is 0 Å². The average Bonchev–Trinajstić information content (AvgIpc) is 3.49. The molecule has 1 aliphatic carbocycles. The third-order valence-electron chi connectivity index (χ3n) is 5.64. The molecule has 0 radical (unpaired) electrons. The number of carbonyl (C=O) groups excluding carboxylic acids is 2. The number of alkyl halides is 3. The van der Waals surface area contributed by atoms with Crippen LogP contribution in [0.3, 0.4) is 0 Å². The van der Waals surface area contributed by atoms with E-state index >= 15 is 0 Å². The summed E-state index contributed by atoms with van der Waals surface area (Å²) in [4.78, 5) is 38.3. The van der Waals surface area contributed by atoms with Gasteiger partial charge in [-0.3, -0.25) is 4.79 Å². The Labute approximate surface area is 183 Å². The molecular weight excluding hydrogens is 431 g/mol. The first-order valence-electron chi connectivity index (χ1n) is 10.4. The minimum atomic E-state index is -2.77. The molecule has 8 nitrogen and oxygen atoms in total. The Kier molecular flexibility index (Phi) is 6.48. The number of nitrogens with zero attached hydrogens (tertiary/aromatic N) is 2. The molecule has 1 amide bonds. The van der Waals surface area contributed by atoms with Crippen molar-refractivity contribution in [3.05, 3.63) is 28.2 Å². The summed E-state index contributed by atoms with van der Waals surface area (Å²) in [5.41, 5.74) is -3.20. The van der Waals surface area contributed by atoms with E-state index in [1.165, 1.54) is 4.90 Å². The van der Waals surface area contributed by atoms with Gasteiger partial charge in [-0.15, -0.1) is 0 Å². The van der Waals surface area contributed by atoms with Gasteiger partial charge in [0.25, 0.3) is 12.0 Å². The van der Waals surface area contributed by atoms with Gasteiger partial charge >= 0.3 is 12.1 Å². The average molecular weight is 459 g/mol. The number of amides is 1. The maximum absolute atomic E-state index is 14.9. The molecule has 1 saturated carbocycles. The van der Waals surface area contributed by atoms with E-state index in [1.54, 1.807) is 20.8 Å². The van der Waals surface area contributed by atoms with Crippen LogP contribution >= 0.6 is 0 Å². The molecule has 11 heteroatoms. The quantitative estimate of drug-likeness (QED) is 0.681. The summed E-state index contributed by atoms with van der Waals surface area (Å²) in [6, 6.07) is 0.208. The molecule has 0 unspecified atom stereocenters. The van der Waals surface area contributed by atoms with Gasteiger partial charge in [0.05, 0.1) is 30.9 Å². The molecule has 1 aromatic rings. The van der Waals surface area contributed by atoms with Crippen LogP contribution < -0.4 is 10.9 Å². The fourth-order valence-electron chi connectivity index (χ4n) is 3.72. The Hall–Kier alpha value is -2.72. The monoisotopic (exact) mass is 459 g/mol. The molecule has 2 heterocycles.